The van der Waals surface area contributed by atoms with Crippen molar-refractivity contribution in [2.24, 2.45) is 5.18 Å². The molecule has 14 nitrogen and oxygen atoms in total. The lowest BCUT2D eigenvalue weighted by Gasteiger charge is -2.40. The summed E-state index contributed by atoms with van der Waals surface area (Å²) in [5.41, 5.74) is 1.45. The molecule has 1 saturated heterocycles. The smallest absolute Gasteiger partial charge is 0.311 e. The fourth-order valence-corrected chi connectivity index (χ4v) is 4.89. The van der Waals surface area contributed by atoms with Crippen molar-refractivity contribution in [3.8, 4) is 11.5 Å². The van der Waals surface area contributed by atoms with Crippen molar-refractivity contribution in [1.29, 1.82) is 0 Å². The molecular weight excluding hydrogens is 602 g/mol. The van der Waals surface area contributed by atoms with Crippen LogP contribution in [0.1, 0.15) is 50.2 Å². The molecule has 0 spiro atoms. The van der Waals surface area contributed by atoms with Crippen molar-refractivity contribution < 1.29 is 48.7 Å². The molecule has 0 bridgehead atoms. The molecule has 250 valence electrons. The number of aliphatic hydroxyl groups excluding tert-OH is 3. The molecule has 6 atom stereocenters. The van der Waals surface area contributed by atoms with Crippen LogP contribution in [0.25, 0.3) is 0 Å². The summed E-state index contributed by atoms with van der Waals surface area (Å²) in [6, 6.07) is 9.25. The van der Waals surface area contributed by atoms with Gasteiger partial charge in [0.1, 0.15) is 47.6 Å². The van der Waals surface area contributed by atoms with Crippen LogP contribution in [0.2, 0.25) is 0 Å². The first-order valence-corrected chi connectivity index (χ1v) is 15.1. The van der Waals surface area contributed by atoms with Gasteiger partial charge in [0.15, 0.2) is 6.29 Å². The van der Waals surface area contributed by atoms with Crippen molar-refractivity contribution in [3.63, 3.8) is 0 Å². The van der Waals surface area contributed by atoms with Gasteiger partial charge < -0.3 is 40.2 Å². The number of ketones is 1. The van der Waals surface area contributed by atoms with Crippen LogP contribution >= 0.6 is 0 Å². The number of esters is 1. The van der Waals surface area contributed by atoms with E-state index in [2.05, 4.69) is 15.8 Å². The van der Waals surface area contributed by atoms with Crippen molar-refractivity contribution >= 4 is 23.6 Å². The molecule has 0 aliphatic carbocycles. The van der Waals surface area contributed by atoms with Gasteiger partial charge in [0.05, 0.1) is 13.7 Å². The SMILES string of the molecule is CCC(=O)CCCC(=O)Oc1ccc(CC(NC(=O)CCc2ccc(OC)cc2)C(=O)NC2C(O)OC(CO)C(O)C2N=O)cc1. The number of nitrogens with one attached hydrogen (secondary N) is 2. The number of aryl methyl sites for hydroxylation is 1. The summed E-state index contributed by atoms with van der Waals surface area (Å²) in [5, 5.41) is 38.1. The molecule has 1 heterocycles. The predicted octanol–water partition coefficient (Wildman–Crippen LogP) is 1.10. The molecule has 0 radical (unpaired) electrons. The lowest BCUT2D eigenvalue weighted by Crippen LogP contribution is -2.65. The van der Waals surface area contributed by atoms with Crippen LogP contribution < -0.4 is 20.1 Å². The second kappa shape index (κ2) is 18.0. The highest BCUT2D eigenvalue weighted by Gasteiger charge is 2.47. The minimum Gasteiger partial charge on any atom is -0.497 e. The Morgan fingerprint density at radius 3 is 2.22 bits per heavy atom. The second-order valence-electron chi connectivity index (χ2n) is 10.9. The van der Waals surface area contributed by atoms with E-state index in [4.69, 9.17) is 14.2 Å². The van der Waals surface area contributed by atoms with Crippen LogP contribution in [-0.4, -0.2) is 89.2 Å². The first-order chi connectivity index (χ1) is 22.1. The zero-order valence-electron chi connectivity index (χ0n) is 25.8. The fourth-order valence-electron chi connectivity index (χ4n) is 4.89. The van der Waals surface area contributed by atoms with Crippen molar-refractivity contribution in [2.75, 3.05) is 13.7 Å². The third-order valence-electron chi connectivity index (χ3n) is 7.61. The van der Waals surface area contributed by atoms with Crippen molar-refractivity contribution in [3.05, 3.63) is 64.6 Å². The zero-order chi connectivity index (χ0) is 33.6. The number of hydrogen-bond donors (Lipinski definition) is 5. The summed E-state index contributed by atoms with van der Waals surface area (Å²) in [4.78, 5) is 61.6. The molecule has 1 aliphatic heterocycles. The summed E-state index contributed by atoms with van der Waals surface area (Å²) >= 11 is 0. The molecule has 5 N–H and O–H groups in total. The molecule has 2 aromatic carbocycles. The van der Waals surface area contributed by atoms with E-state index in [-0.39, 0.29) is 30.8 Å². The number of benzene rings is 2. The van der Waals surface area contributed by atoms with E-state index in [1.807, 2.05) is 12.1 Å². The van der Waals surface area contributed by atoms with E-state index in [0.717, 1.165) is 5.56 Å². The minimum atomic E-state index is -1.77. The Hall–Kier alpha value is -4.24. The number of amides is 2. The summed E-state index contributed by atoms with van der Waals surface area (Å²) in [6.07, 6.45) is -3.09. The summed E-state index contributed by atoms with van der Waals surface area (Å²) in [5.74, 6) is -0.732. The quantitative estimate of drug-likeness (QED) is 0.0936. The first-order valence-electron chi connectivity index (χ1n) is 15.1. The lowest BCUT2D eigenvalue weighted by molar-refractivity contribution is -0.227. The predicted molar refractivity (Wildman–Crippen MR) is 164 cm³/mol. The van der Waals surface area contributed by atoms with Crippen molar-refractivity contribution in [1.82, 2.24) is 10.6 Å². The Labute approximate surface area is 266 Å². The molecule has 14 heteroatoms. The third-order valence-corrected chi connectivity index (χ3v) is 7.61. The van der Waals surface area contributed by atoms with E-state index in [1.165, 1.54) is 12.1 Å². The highest BCUT2D eigenvalue weighted by molar-refractivity contribution is 5.88. The standard InChI is InChI=1S/C32H41N3O11/c1-3-21(37)5-4-6-27(39)45-23-14-9-20(10-15-23)17-24(33-26(38)16-11-19-7-12-22(44-2)13-8-19)31(41)34-29-28(35-43)30(40)25(18-36)46-32(29)42/h7-10,12-15,24-25,28-30,32,36,40,42H,3-6,11,16-18H2,1-2H3,(H,33,38)(H,34,41). The van der Waals surface area contributed by atoms with Crippen molar-refractivity contribution in [2.45, 2.75) is 88.5 Å². The molecule has 46 heavy (non-hydrogen) atoms. The topological polar surface area (TPSA) is 210 Å². The Morgan fingerprint density at radius 1 is 0.957 bits per heavy atom. The molecule has 0 saturated carbocycles. The van der Waals surface area contributed by atoms with Crippen LogP contribution in [-0.2, 0) is 36.8 Å². The number of carbonyl (C=O) groups excluding carboxylic acids is 4. The van der Waals surface area contributed by atoms with Crippen LogP contribution in [0.15, 0.2) is 53.7 Å². The minimum absolute atomic E-state index is 0.0296. The van der Waals surface area contributed by atoms with E-state index in [1.54, 1.807) is 38.3 Å². The highest BCUT2D eigenvalue weighted by atomic mass is 16.6. The Morgan fingerprint density at radius 2 is 1.61 bits per heavy atom. The number of rotatable bonds is 17. The van der Waals surface area contributed by atoms with Crippen LogP contribution in [0.3, 0.4) is 0 Å². The largest absolute Gasteiger partial charge is 0.497 e. The lowest BCUT2D eigenvalue weighted by atomic mass is 9.94. The van der Waals surface area contributed by atoms with Crippen LogP contribution in [0.5, 0.6) is 11.5 Å². The summed E-state index contributed by atoms with van der Waals surface area (Å²) in [6.45, 7) is 1.07. The zero-order valence-corrected chi connectivity index (χ0v) is 25.8. The maximum Gasteiger partial charge on any atom is 0.311 e. The molecular formula is C32H41N3O11. The van der Waals surface area contributed by atoms with E-state index >= 15 is 0 Å². The van der Waals surface area contributed by atoms with Crippen LogP contribution in [0.4, 0.5) is 0 Å². The molecule has 3 rings (SSSR count). The molecule has 2 aromatic rings. The number of nitroso groups, excluding NO2 is 1. The molecule has 2 amide bonds. The summed E-state index contributed by atoms with van der Waals surface area (Å²) in [7, 11) is 1.55. The Kier molecular flexibility index (Phi) is 14.2. The van der Waals surface area contributed by atoms with Gasteiger partial charge in [-0.05, 0) is 48.2 Å². The van der Waals surface area contributed by atoms with Gasteiger partial charge >= 0.3 is 5.97 Å². The third kappa shape index (κ3) is 10.7. The van der Waals surface area contributed by atoms with Gasteiger partial charge in [-0.15, -0.1) is 0 Å². The molecule has 0 aromatic heterocycles. The van der Waals surface area contributed by atoms with Gasteiger partial charge in [0.2, 0.25) is 11.8 Å². The van der Waals surface area contributed by atoms with Gasteiger partial charge in [0.25, 0.3) is 0 Å². The molecule has 1 fully saturated rings. The number of nitrogens with zero attached hydrogens (tertiary/aromatic N) is 1. The number of hydrogen-bond acceptors (Lipinski definition) is 12. The first kappa shape index (κ1) is 36.2. The van der Waals surface area contributed by atoms with Gasteiger partial charge in [-0.25, -0.2) is 0 Å². The maximum atomic E-state index is 13.5. The van der Waals surface area contributed by atoms with Gasteiger partial charge in [-0.2, -0.15) is 4.91 Å². The monoisotopic (exact) mass is 643 g/mol. The normalized spacial score (nSPS) is 21.5. The van der Waals surface area contributed by atoms with Crippen LogP contribution in [0, 0.1) is 4.91 Å². The number of ether oxygens (including phenoxy) is 3. The number of aliphatic hydroxyl groups is 3. The number of Topliss-reactive ketones (excluding diaryl/α,β-unsaturated/α-hetero) is 1. The molecule has 1 aliphatic rings. The van der Waals surface area contributed by atoms with Gasteiger partial charge in [-0.3, -0.25) is 19.2 Å². The summed E-state index contributed by atoms with van der Waals surface area (Å²) < 4.78 is 15.6. The van der Waals surface area contributed by atoms with E-state index in [0.29, 0.717) is 37.0 Å². The van der Waals surface area contributed by atoms with E-state index in [9.17, 15) is 39.4 Å². The maximum absolute atomic E-state index is 13.5. The number of methoxy groups -OCH3 is 1. The van der Waals surface area contributed by atoms with Gasteiger partial charge in [0, 0.05) is 32.1 Å². The number of carbonyl (C=O) groups is 4. The van der Waals surface area contributed by atoms with Gasteiger partial charge in [-0.1, -0.05) is 36.4 Å². The second-order valence-corrected chi connectivity index (χ2v) is 10.9. The highest BCUT2D eigenvalue weighted by Crippen LogP contribution is 2.23. The molecule has 6 unspecified atom stereocenters. The average molecular weight is 644 g/mol. The fraction of sp³-hybridized carbons (Fsp3) is 0.500. The Bertz CT molecular complexity index is 1320. The Balaban J connectivity index is 1.70. The average Bonchev–Trinajstić information content (AvgIpc) is 3.06. The van der Waals surface area contributed by atoms with E-state index < -0.39 is 61.0 Å².